The molecule has 0 unspecified atom stereocenters. The van der Waals surface area contributed by atoms with Gasteiger partial charge in [-0.05, 0) is 23.1 Å². The SMILES string of the molecule is COC(=O)c1cc(-c2ccccc2OC)cs1. The second-order valence-corrected chi connectivity index (χ2v) is 4.30. The number of para-hydroxylation sites is 1. The van der Waals surface area contributed by atoms with Gasteiger partial charge < -0.3 is 9.47 Å². The third kappa shape index (κ3) is 2.31. The fourth-order valence-corrected chi connectivity index (χ4v) is 2.39. The van der Waals surface area contributed by atoms with E-state index in [-0.39, 0.29) is 5.97 Å². The zero-order valence-electron chi connectivity index (χ0n) is 9.60. The standard InChI is InChI=1S/C13H12O3S/c1-15-11-6-4-3-5-10(11)9-7-12(17-8-9)13(14)16-2/h3-8H,1-2H3. The molecule has 0 bridgehead atoms. The molecular weight excluding hydrogens is 236 g/mol. The minimum atomic E-state index is -0.309. The molecule has 1 aromatic heterocycles. The van der Waals surface area contributed by atoms with Crippen LogP contribution in [0.1, 0.15) is 9.67 Å². The van der Waals surface area contributed by atoms with Crippen molar-refractivity contribution in [3.63, 3.8) is 0 Å². The summed E-state index contributed by atoms with van der Waals surface area (Å²) in [4.78, 5) is 12.0. The first-order valence-electron chi connectivity index (χ1n) is 5.06. The largest absolute Gasteiger partial charge is 0.496 e. The van der Waals surface area contributed by atoms with Crippen molar-refractivity contribution in [3.05, 3.63) is 40.6 Å². The third-order valence-corrected chi connectivity index (χ3v) is 3.31. The summed E-state index contributed by atoms with van der Waals surface area (Å²) in [6.45, 7) is 0. The number of thiophene rings is 1. The second kappa shape index (κ2) is 5.01. The zero-order chi connectivity index (χ0) is 12.3. The molecule has 0 fully saturated rings. The van der Waals surface area contributed by atoms with E-state index in [9.17, 15) is 4.79 Å². The van der Waals surface area contributed by atoms with E-state index >= 15 is 0 Å². The van der Waals surface area contributed by atoms with Crippen LogP contribution in [0.25, 0.3) is 11.1 Å². The van der Waals surface area contributed by atoms with Crippen molar-refractivity contribution < 1.29 is 14.3 Å². The van der Waals surface area contributed by atoms with Crippen LogP contribution in [-0.4, -0.2) is 20.2 Å². The van der Waals surface area contributed by atoms with E-state index in [4.69, 9.17) is 4.74 Å². The molecule has 2 aromatic rings. The molecular formula is C13H12O3S. The number of carbonyl (C=O) groups is 1. The van der Waals surface area contributed by atoms with Gasteiger partial charge in [0, 0.05) is 5.56 Å². The second-order valence-electron chi connectivity index (χ2n) is 3.39. The first kappa shape index (κ1) is 11.7. The van der Waals surface area contributed by atoms with Crippen molar-refractivity contribution in [1.82, 2.24) is 0 Å². The maximum absolute atomic E-state index is 11.4. The summed E-state index contributed by atoms with van der Waals surface area (Å²) in [5.74, 6) is 0.484. The summed E-state index contributed by atoms with van der Waals surface area (Å²) in [5, 5.41) is 1.92. The van der Waals surface area contributed by atoms with Gasteiger partial charge >= 0.3 is 5.97 Å². The zero-order valence-corrected chi connectivity index (χ0v) is 10.4. The van der Waals surface area contributed by atoms with Crippen LogP contribution in [-0.2, 0) is 4.74 Å². The van der Waals surface area contributed by atoms with Crippen molar-refractivity contribution in [2.45, 2.75) is 0 Å². The molecule has 0 radical (unpaired) electrons. The molecule has 2 rings (SSSR count). The average Bonchev–Trinajstić information content (AvgIpc) is 2.87. The Morgan fingerprint density at radius 1 is 1.24 bits per heavy atom. The Morgan fingerprint density at radius 3 is 2.71 bits per heavy atom. The monoisotopic (exact) mass is 248 g/mol. The molecule has 1 aromatic carbocycles. The Morgan fingerprint density at radius 2 is 2.00 bits per heavy atom. The summed E-state index contributed by atoms with van der Waals surface area (Å²) < 4.78 is 9.97. The van der Waals surface area contributed by atoms with Crippen molar-refractivity contribution in [1.29, 1.82) is 0 Å². The van der Waals surface area contributed by atoms with Crippen LogP contribution in [0, 0.1) is 0 Å². The Labute approximate surface area is 104 Å². The first-order chi connectivity index (χ1) is 8.26. The lowest BCUT2D eigenvalue weighted by Crippen LogP contribution is -1.96. The van der Waals surface area contributed by atoms with E-state index < -0.39 is 0 Å². The van der Waals surface area contributed by atoms with Gasteiger partial charge in [0.2, 0.25) is 0 Å². The molecule has 0 saturated carbocycles. The van der Waals surface area contributed by atoms with E-state index in [0.29, 0.717) is 4.88 Å². The third-order valence-electron chi connectivity index (χ3n) is 2.40. The fourth-order valence-electron chi connectivity index (χ4n) is 1.57. The Kier molecular flexibility index (Phi) is 3.44. The van der Waals surface area contributed by atoms with Crippen molar-refractivity contribution in [2.75, 3.05) is 14.2 Å². The Hall–Kier alpha value is -1.81. The highest BCUT2D eigenvalue weighted by molar-refractivity contribution is 7.12. The van der Waals surface area contributed by atoms with Gasteiger partial charge in [-0.2, -0.15) is 0 Å². The molecule has 4 heteroatoms. The van der Waals surface area contributed by atoms with E-state index in [1.807, 2.05) is 35.7 Å². The van der Waals surface area contributed by atoms with Gasteiger partial charge in [0.25, 0.3) is 0 Å². The summed E-state index contributed by atoms with van der Waals surface area (Å²) in [5.41, 5.74) is 1.94. The normalized spacial score (nSPS) is 10.0. The minimum absolute atomic E-state index is 0.309. The van der Waals surface area contributed by atoms with Crippen molar-refractivity contribution >= 4 is 17.3 Å². The molecule has 0 spiro atoms. The molecule has 3 nitrogen and oxygen atoms in total. The number of benzene rings is 1. The molecule has 17 heavy (non-hydrogen) atoms. The molecule has 0 atom stereocenters. The number of hydrogen-bond donors (Lipinski definition) is 0. The maximum atomic E-state index is 11.4. The van der Waals surface area contributed by atoms with E-state index in [2.05, 4.69) is 4.74 Å². The lowest BCUT2D eigenvalue weighted by atomic mass is 10.1. The number of esters is 1. The van der Waals surface area contributed by atoms with Gasteiger partial charge in [0.1, 0.15) is 10.6 Å². The number of carbonyl (C=O) groups excluding carboxylic acids is 1. The molecule has 0 aliphatic rings. The topological polar surface area (TPSA) is 35.5 Å². The van der Waals surface area contributed by atoms with Gasteiger partial charge in [-0.15, -0.1) is 11.3 Å². The highest BCUT2D eigenvalue weighted by Crippen LogP contribution is 2.32. The van der Waals surface area contributed by atoms with Gasteiger partial charge in [0.05, 0.1) is 14.2 Å². The van der Waals surface area contributed by atoms with Crippen LogP contribution in [0.4, 0.5) is 0 Å². The minimum Gasteiger partial charge on any atom is -0.496 e. The number of ether oxygens (including phenoxy) is 2. The van der Waals surface area contributed by atoms with Crippen molar-refractivity contribution in [3.8, 4) is 16.9 Å². The van der Waals surface area contributed by atoms with Crippen LogP contribution >= 0.6 is 11.3 Å². The summed E-state index contributed by atoms with van der Waals surface area (Å²) in [7, 11) is 3.01. The number of rotatable bonds is 3. The molecule has 88 valence electrons. The van der Waals surface area contributed by atoms with Gasteiger partial charge in [0.15, 0.2) is 0 Å². The average molecular weight is 248 g/mol. The van der Waals surface area contributed by atoms with Crippen LogP contribution in [0.2, 0.25) is 0 Å². The van der Waals surface area contributed by atoms with Crippen LogP contribution in [0.3, 0.4) is 0 Å². The predicted molar refractivity (Wildman–Crippen MR) is 67.6 cm³/mol. The number of hydrogen-bond acceptors (Lipinski definition) is 4. The molecule has 0 aliphatic heterocycles. The summed E-state index contributed by atoms with van der Waals surface area (Å²) >= 11 is 1.37. The molecule has 0 N–H and O–H groups in total. The molecule has 0 saturated heterocycles. The predicted octanol–water partition coefficient (Wildman–Crippen LogP) is 3.21. The van der Waals surface area contributed by atoms with Crippen molar-refractivity contribution in [2.24, 2.45) is 0 Å². The van der Waals surface area contributed by atoms with Crippen LogP contribution in [0.15, 0.2) is 35.7 Å². The van der Waals surface area contributed by atoms with Crippen LogP contribution < -0.4 is 4.74 Å². The van der Waals surface area contributed by atoms with Crippen LogP contribution in [0.5, 0.6) is 5.75 Å². The first-order valence-corrected chi connectivity index (χ1v) is 5.94. The molecule has 1 heterocycles. The van der Waals surface area contributed by atoms with E-state index in [1.165, 1.54) is 18.4 Å². The molecule has 0 amide bonds. The lowest BCUT2D eigenvalue weighted by molar-refractivity contribution is 0.0606. The van der Waals surface area contributed by atoms with Gasteiger partial charge in [-0.1, -0.05) is 18.2 Å². The lowest BCUT2D eigenvalue weighted by Gasteiger charge is -2.05. The smallest absolute Gasteiger partial charge is 0.348 e. The van der Waals surface area contributed by atoms with Gasteiger partial charge in [-0.25, -0.2) is 4.79 Å². The van der Waals surface area contributed by atoms with E-state index in [0.717, 1.165) is 16.9 Å². The quantitative estimate of drug-likeness (QED) is 0.782. The highest BCUT2D eigenvalue weighted by Gasteiger charge is 2.12. The van der Waals surface area contributed by atoms with Gasteiger partial charge in [-0.3, -0.25) is 0 Å². The number of methoxy groups -OCH3 is 2. The highest BCUT2D eigenvalue weighted by atomic mass is 32.1. The summed E-state index contributed by atoms with van der Waals surface area (Å²) in [6.07, 6.45) is 0. The Bertz CT molecular complexity index is 531. The fraction of sp³-hybridized carbons (Fsp3) is 0.154. The maximum Gasteiger partial charge on any atom is 0.348 e. The van der Waals surface area contributed by atoms with E-state index in [1.54, 1.807) is 7.11 Å². The summed E-state index contributed by atoms with van der Waals surface area (Å²) in [6, 6.07) is 9.52. The Balaban J connectivity index is 2.40. The molecule has 0 aliphatic carbocycles.